The Labute approximate surface area is 186 Å². The van der Waals surface area contributed by atoms with Gasteiger partial charge in [-0.1, -0.05) is 12.1 Å². The molecule has 1 fully saturated rings. The van der Waals surface area contributed by atoms with E-state index in [9.17, 15) is 14.0 Å². The second-order valence-electron chi connectivity index (χ2n) is 7.19. The van der Waals surface area contributed by atoms with Crippen LogP contribution in [0.1, 0.15) is 22.8 Å². The zero-order valence-electron chi connectivity index (χ0n) is 18.2. The van der Waals surface area contributed by atoms with Crippen molar-refractivity contribution in [1.82, 2.24) is 4.90 Å². The van der Waals surface area contributed by atoms with Crippen molar-refractivity contribution in [1.29, 1.82) is 0 Å². The number of rotatable bonds is 9. The van der Waals surface area contributed by atoms with Crippen LogP contribution in [0.2, 0.25) is 0 Å². The van der Waals surface area contributed by atoms with Gasteiger partial charge in [-0.15, -0.1) is 0 Å². The molecule has 1 N–H and O–H groups in total. The SMILES string of the molecule is CCOC(=O)/C(=C\Nc1cccc(OC)c1)C(=O)c1cc(CN2CCOCC2)ccc1F. The van der Waals surface area contributed by atoms with Crippen molar-refractivity contribution in [2.24, 2.45) is 0 Å². The lowest BCUT2D eigenvalue weighted by atomic mass is 10.0. The van der Waals surface area contributed by atoms with Crippen molar-refractivity contribution in [2.45, 2.75) is 13.5 Å². The number of hydrogen-bond acceptors (Lipinski definition) is 7. The van der Waals surface area contributed by atoms with Gasteiger partial charge in [0.25, 0.3) is 0 Å². The van der Waals surface area contributed by atoms with Crippen LogP contribution in [0.15, 0.2) is 54.2 Å². The molecule has 1 heterocycles. The van der Waals surface area contributed by atoms with Gasteiger partial charge in [-0.2, -0.15) is 0 Å². The molecule has 0 spiro atoms. The number of anilines is 1. The summed E-state index contributed by atoms with van der Waals surface area (Å²) < 4.78 is 30.2. The third-order valence-corrected chi connectivity index (χ3v) is 4.98. The Morgan fingerprint density at radius 3 is 2.69 bits per heavy atom. The average Bonchev–Trinajstić information content (AvgIpc) is 2.81. The molecule has 0 saturated carbocycles. The van der Waals surface area contributed by atoms with Gasteiger partial charge in [0.05, 0.1) is 32.5 Å². The minimum absolute atomic E-state index is 0.0855. The van der Waals surface area contributed by atoms with E-state index >= 15 is 0 Å². The summed E-state index contributed by atoms with van der Waals surface area (Å²) in [6.07, 6.45) is 1.24. The number of halogens is 1. The smallest absolute Gasteiger partial charge is 0.343 e. The van der Waals surface area contributed by atoms with E-state index in [0.717, 1.165) is 18.7 Å². The predicted octanol–water partition coefficient (Wildman–Crippen LogP) is 3.41. The molecule has 0 atom stereocenters. The quantitative estimate of drug-likeness (QED) is 0.210. The average molecular weight is 442 g/mol. The Morgan fingerprint density at radius 1 is 1.19 bits per heavy atom. The molecule has 0 aromatic heterocycles. The zero-order chi connectivity index (χ0) is 22.9. The van der Waals surface area contributed by atoms with Crippen molar-refractivity contribution < 1.29 is 28.2 Å². The maximum atomic E-state index is 14.6. The zero-order valence-corrected chi connectivity index (χ0v) is 18.2. The number of hydrogen-bond donors (Lipinski definition) is 1. The minimum atomic E-state index is -0.828. The van der Waals surface area contributed by atoms with E-state index in [0.29, 0.717) is 31.2 Å². The van der Waals surface area contributed by atoms with Crippen LogP contribution in [0.5, 0.6) is 5.75 Å². The fraction of sp³-hybridized carbons (Fsp3) is 0.333. The van der Waals surface area contributed by atoms with Crippen molar-refractivity contribution in [3.05, 3.63) is 71.2 Å². The van der Waals surface area contributed by atoms with Crippen LogP contribution in [0, 0.1) is 5.82 Å². The Morgan fingerprint density at radius 2 is 1.97 bits per heavy atom. The molecular weight excluding hydrogens is 415 g/mol. The van der Waals surface area contributed by atoms with Crippen LogP contribution in [0.3, 0.4) is 0 Å². The highest BCUT2D eigenvalue weighted by molar-refractivity contribution is 6.24. The lowest BCUT2D eigenvalue weighted by Crippen LogP contribution is -2.35. The van der Waals surface area contributed by atoms with Crippen molar-refractivity contribution in [3.63, 3.8) is 0 Å². The predicted molar refractivity (Wildman–Crippen MR) is 118 cm³/mol. The molecule has 0 radical (unpaired) electrons. The number of methoxy groups -OCH3 is 1. The van der Waals surface area contributed by atoms with Crippen LogP contribution >= 0.6 is 0 Å². The number of carbonyl (C=O) groups is 2. The number of carbonyl (C=O) groups excluding carboxylic acids is 2. The first-order chi connectivity index (χ1) is 15.5. The number of benzene rings is 2. The van der Waals surface area contributed by atoms with Crippen LogP contribution in [-0.4, -0.2) is 56.7 Å². The first-order valence-corrected chi connectivity index (χ1v) is 10.4. The molecule has 32 heavy (non-hydrogen) atoms. The van der Waals surface area contributed by atoms with Crippen LogP contribution in [0.4, 0.5) is 10.1 Å². The third-order valence-electron chi connectivity index (χ3n) is 4.98. The lowest BCUT2D eigenvalue weighted by Gasteiger charge is -2.26. The Hall–Kier alpha value is -3.23. The highest BCUT2D eigenvalue weighted by Gasteiger charge is 2.24. The minimum Gasteiger partial charge on any atom is -0.497 e. The number of esters is 1. The molecule has 3 rings (SSSR count). The normalized spacial score (nSPS) is 14.7. The van der Waals surface area contributed by atoms with Gasteiger partial charge < -0.3 is 19.5 Å². The highest BCUT2D eigenvalue weighted by atomic mass is 19.1. The van der Waals surface area contributed by atoms with E-state index in [1.165, 1.54) is 25.4 Å². The van der Waals surface area contributed by atoms with Gasteiger partial charge in [-0.25, -0.2) is 9.18 Å². The van der Waals surface area contributed by atoms with Crippen LogP contribution in [0.25, 0.3) is 0 Å². The van der Waals surface area contributed by atoms with Gasteiger partial charge in [0.15, 0.2) is 0 Å². The van der Waals surface area contributed by atoms with Crippen LogP contribution in [-0.2, 0) is 20.8 Å². The maximum absolute atomic E-state index is 14.6. The van der Waals surface area contributed by atoms with Gasteiger partial charge in [-0.3, -0.25) is 9.69 Å². The van der Waals surface area contributed by atoms with E-state index in [2.05, 4.69) is 10.2 Å². The number of nitrogens with zero attached hydrogens (tertiary/aromatic N) is 1. The third kappa shape index (κ3) is 6.15. The molecule has 0 amide bonds. The Bertz CT molecular complexity index is 986. The first-order valence-electron chi connectivity index (χ1n) is 10.4. The molecule has 7 nitrogen and oxygen atoms in total. The second-order valence-corrected chi connectivity index (χ2v) is 7.19. The van der Waals surface area contributed by atoms with Gasteiger partial charge in [0, 0.05) is 37.6 Å². The topological polar surface area (TPSA) is 77.1 Å². The van der Waals surface area contributed by atoms with Gasteiger partial charge in [-0.05, 0) is 36.8 Å². The number of morpholine rings is 1. The molecule has 0 unspecified atom stereocenters. The van der Waals surface area contributed by atoms with E-state index in [4.69, 9.17) is 14.2 Å². The summed E-state index contributed by atoms with van der Waals surface area (Å²) in [7, 11) is 1.54. The first kappa shape index (κ1) is 23.4. The van der Waals surface area contributed by atoms with Crippen LogP contribution < -0.4 is 10.1 Å². The highest BCUT2D eigenvalue weighted by Crippen LogP contribution is 2.20. The number of nitrogens with one attached hydrogen (secondary N) is 1. The summed E-state index contributed by atoms with van der Waals surface area (Å²) in [6.45, 7) is 5.08. The maximum Gasteiger partial charge on any atom is 0.343 e. The lowest BCUT2D eigenvalue weighted by molar-refractivity contribution is -0.138. The molecule has 170 valence electrons. The molecule has 8 heteroatoms. The molecule has 1 aliphatic rings. The summed E-state index contributed by atoms with van der Waals surface area (Å²) in [5, 5.41) is 2.90. The summed E-state index contributed by atoms with van der Waals surface area (Å²) in [4.78, 5) is 27.8. The van der Waals surface area contributed by atoms with E-state index in [1.54, 1.807) is 37.3 Å². The largest absolute Gasteiger partial charge is 0.497 e. The number of ketones is 1. The molecule has 2 aromatic rings. The van der Waals surface area contributed by atoms with Crippen molar-refractivity contribution >= 4 is 17.4 Å². The fourth-order valence-corrected chi connectivity index (χ4v) is 3.30. The Kier molecular flexibility index (Phi) is 8.35. The molecule has 1 aliphatic heterocycles. The molecule has 0 aliphatic carbocycles. The summed E-state index contributed by atoms with van der Waals surface area (Å²) in [5.41, 5.74) is 0.903. The molecular formula is C24H27FN2O5. The van der Waals surface area contributed by atoms with E-state index in [-0.39, 0.29) is 17.7 Å². The molecule has 1 saturated heterocycles. The summed E-state index contributed by atoms with van der Waals surface area (Å²) >= 11 is 0. The van der Waals surface area contributed by atoms with Crippen molar-refractivity contribution in [2.75, 3.05) is 45.3 Å². The van der Waals surface area contributed by atoms with Gasteiger partial charge in [0.1, 0.15) is 17.1 Å². The standard InChI is InChI=1S/C24H27FN2O5/c1-3-32-24(29)21(15-26-18-5-4-6-19(14-18)30-2)23(28)20-13-17(7-8-22(20)25)16-27-9-11-31-12-10-27/h4-8,13-15,26H,3,9-12,16H2,1-2H3/b21-15-. The fourth-order valence-electron chi connectivity index (χ4n) is 3.30. The van der Waals surface area contributed by atoms with Gasteiger partial charge in [0.2, 0.25) is 5.78 Å². The van der Waals surface area contributed by atoms with E-state index < -0.39 is 17.6 Å². The van der Waals surface area contributed by atoms with Gasteiger partial charge >= 0.3 is 5.97 Å². The summed E-state index contributed by atoms with van der Waals surface area (Å²) in [6, 6.07) is 11.4. The van der Waals surface area contributed by atoms with E-state index in [1.807, 2.05) is 0 Å². The Balaban J connectivity index is 1.86. The van der Waals surface area contributed by atoms with Crippen molar-refractivity contribution in [3.8, 4) is 5.75 Å². The summed E-state index contributed by atoms with van der Waals surface area (Å²) in [5.74, 6) is -1.67. The number of ether oxygens (including phenoxy) is 3. The second kappa shape index (κ2) is 11.4. The monoisotopic (exact) mass is 442 g/mol. The molecule has 0 bridgehead atoms. The molecule has 2 aromatic carbocycles. The number of Topliss-reactive ketones (excluding diaryl/α,β-unsaturated/α-hetero) is 1.